The summed E-state index contributed by atoms with van der Waals surface area (Å²) in [5.74, 6) is 0. The Kier molecular flexibility index (Phi) is 5.77. The lowest BCUT2D eigenvalue weighted by molar-refractivity contribution is 0.199. The molecule has 6 heteroatoms. The number of likely N-dealkylation sites (N-methyl/N-ethyl adjacent to an activating group) is 1. The molecule has 0 spiro atoms. The van der Waals surface area contributed by atoms with Gasteiger partial charge >= 0.3 is 0 Å². The Morgan fingerprint density at radius 2 is 2.30 bits per heavy atom. The Morgan fingerprint density at radius 1 is 1.50 bits per heavy atom. The number of nitrogens with one attached hydrogen (secondary N) is 1. The third-order valence-corrected chi connectivity index (χ3v) is 5.03. The van der Waals surface area contributed by atoms with Gasteiger partial charge in [0.15, 0.2) is 5.13 Å². The van der Waals surface area contributed by atoms with E-state index in [1.807, 2.05) is 11.3 Å². The van der Waals surface area contributed by atoms with Crippen LogP contribution in [-0.2, 0) is 11.3 Å². The third kappa shape index (κ3) is 3.91. The molecule has 2 rings (SSSR count). The molecule has 1 fully saturated rings. The van der Waals surface area contributed by atoms with E-state index >= 15 is 0 Å². The van der Waals surface area contributed by atoms with Gasteiger partial charge in [0.1, 0.15) is 0 Å². The summed E-state index contributed by atoms with van der Waals surface area (Å²) in [6.07, 6.45) is 1.23. The monoisotopic (exact) mass is 298 g/mol. The standard InChI is InChI=1S/C14H26N4OS/c1-11-13(9-15-6-8-19-4)20-14(16-11)18-7-5-12(10-18)17(2)3/h12,15H,5-10H2,1-4H3. The lowest BCUT2D eigenvalue weighted by atomic mass is 10.2. The molecule has 1 aromatic rings. The van der Waals surface area contributed by atoms with Crippen LogP contribution in [0, 0.1) is 6.92 Å². The van der Waals surface area contributed by atoms with Crippen molar-refractivity contribution in [3.05, 3.63) is 10.6 Å². The van der Waals surface area contributed by atoms with Crippen molar-refractivity contribution >= 4 is 16.5 Å². The van der Waals surface area contributed by atoms with E-state index in [0.717, 1.165) is 38.5 Å². The number of hydrogen-bond donors (Lipinski definition) is 1. The molecule has 1 aliphatic heterocycles. The Hall–Kier alpha value is -0.690. The van der Waals surface area contributed by atoms with Crippen LogP contribution in [0.25, 0.3) is 0 Å². The molecule has 0 saturated carbocycles. The maximum absolute atomic E-state index is 5.04. The van der Waals surface area contributed by atoms with Crippen LogP contribution in [0.4, 0.5) is 5.13 Å². The Labute approximate surface area is 125 Å². The normalized spacial score (nSPS) is 19.2. The van der Waals surface area contributed by atoms with Gasteiger partial charge in [-0.2, -0.15) is 0 Å². The fraction of sp³-hybridized carbons (Fsp3) is 0.786. The molecule has 1 atom stereocenters. The molecule has 0 radical (unpaired) electrons. The zero-order valence-corrected chi connectivity index (χ0v) is 13.8. The Balaban J connectivity index is 1.90. The maximum Gasteiger partial charge on any atom is 0.185 e. The number of aromatic nitrogens is 1. The fourth-order valence-electron chi connectivity index (χ4n) is 2.43. The molecule has 20 heavy (non-hydrogen) atoms. The number of anilines is 1. The molecular formula is C14H26N4OS. The number of aryl methyl sites for hydroxylation is 1. The highest BCUT2D eigenvalue weighted by Crippen LogP contribution is 2.29. The van der Waals surface area contributed by atoms with Crippen LogP contribution in [-0.4, -0.2) is 63.4 Å². The van der Waals surface area contributed by atoms with E-state index in [4.69, 9.17) is 9.72 Å². The average Bonchev–Trinajstić information content (AvgIpc) is 3.02. The molecule has 1 N–H and O–H groups in total. The molecule has 5 nitrogen and oxygen atoms in total. The highest BCUT2D eigenvalue weighted by atomic mass is 32.1. The molecule has 0 bridgehead atoms. The van der Waals surface area contributed by atoms with Gasteiger partial charge in [-0.25, -0.2) is 4.98 Å². The predicted molar refractivity (Wildman–Crippen MR) is 84.7 cm³/mol. The van der Waals surface area contributed by atoms with E-state index in [1.165, 1.54) is 16.4 Å². The molecule has 1 aliphatic rings. The number of ether oxygens (including phenoxy) is 1. The van der Waals surface area contributed by atoms with Gasteiger partial charge in [0.2, 0.25) is 0 Å². The minimum Gasteiger partial charge on any atom is -0.383 e. The number of methoxy groups -OCH3 is 1. The van der Waals surface area contributed by atoms with Crippen LogP contribution in [0.3, 0.4) is 0 Å². The summed E-state index contributed by atoms with van der Waals surface area (Å²) < 4.78 is 5.04. The van der Waals surface area contributed by atoms with E-state index in [2.05, 4.69) is 36.1 Å². The van der Waals surface area contributed by atoms with Gasteiger partial charge in [-0.3, -0.25) is 0 Å². The van der Waals surface area contributed by atoms with E-state index in [-0.39, 0.29) is 0 Å². The molecule has 1 aromatic heterocycles. The van der Waals surface area contributed by atoms with Gasteiger partial charge in [-0.15, -0.1) is 11.3 Å². The van der Waals surface area contributed by atoms with E-state index in [0.29, 0.717) is 6.04 Å². The van der Waals surface area contributed by atoms with Gasteiger partial charge in [-0.1, -0.05) is 0 Å². The summed E-state index contributed by atoms with van der Waals surface area (Å²) >= 11 is 1.82. The van der Waals surface area contributed by atoms with Crippen molar-refractivity contribution in [2.24, 2.45) is 0 Å². The molecule has 2 heterocycles. The maximum atomic E-state index is 5.04. The van der Waals surface area contributed by atoms with Crippen molar-refractivity contribution in [3.63, 3.8) is 0 Å². The SMILES string of the molecule is COCCNCc1sc(N2CCC(N(C)C)C2)nc1C. The van der Waals surface area contributed by atoms with Crippen molar-refractivity contribution in [1.29, 1.82) is 0 Å². The molecule has 114 valence electrons. The predicted octanol–water partition coefficient (Wildman–Crippen LogP) is 1.33. The van der Waals surface area contributed by atoms with E-state index in [1.54, 1.807) is 7.11 Å². The minimum absolute atomic E-state index is 0.655. The zero-order chi connectivity index (χ0) is 14.5. The second-order valence-electron chi connectivity index (χ2n) is 5.53. The van der Waals surface area contributed by atoms with Crippen LogP contribution in [0.15, 0.2) is 0 Å². The Bertz CT molecular complexity index is 421. The van der Waals surface area contributed by atoms with Crippen LogP contribution in [0.5, 0.6) is 0 Å². The smallest absolute Gasteiger partial charge is 0.185 e. The molecule has 0 aliphatic carbocycles. The second-order valence-corrected chi connectivity index (χ2v) is 6.59. The van der Waals surface area contributed by atoms with Crippen LogP contribution in [0.1, 0.15) is 17.0 Å². The second kappa shape index (κ2) is 7.36. The van der Waals surface area contributed by atoms with Gasteiger partial charge in [0.25, 0.3) is 0 Å². The van der Waals surface area contributed by atoms with Gasteiger partial charge < -0.3 is 19.9 Å². The first-order valence-electron chi connectivity index (χ1n) is 7.19. The summed E-state index contributed by atoms with van der Waals surface area (Å²) in [6.45, 7) is 6.84. The van der Waals surface area contributed by atoms with Crippen LogP contribution in [0.2, 0.25) is 0 Å². The number of hydrogen-bond acceptors (Lipinski definition) is 6. The summed E-state index contributed by atoms with van der Waals surface area (Å²) in [4.78, 5) is 10.8. The average molecular weight is 298 g/mol. The van der Waals surface area contributed by atoms with Crippen LogP contribution >= 0.6 is 11.3 Å². The lowest BCUT2D eigenvalue weighted by Gasteiger charge is -2.19. The Morgan fingerprint density at radius 3 is 2.95 bits per heavy atom. The zero-order valence-electron chi connectivity index (χ0n) is 13.0. The molecule has 0 amide bonds. The third-order valence-electron chi connectivity index (χ3n) is 3.81. The highest BCUT2D eigenvalue weighted by Gasteiger charge is 2.26. The molecule has 1 saturated heterocycles. The fourth-order valence-corrected chi connectivity index (χ4v) is 3.49. The quantitative estimate of drug-likeness (QED) is 0.769. The lowest BCUT2D eigenvalue weighted by Crippen LogP contribution is -2.31. The number of rotatable bonds is 7. The molecule has 0 aromatic carbocycles. The summed E-state index contributed by atoms with van der Waals surface area (Å²) in [7, 11) is 6.05. The summed E-state index contributed by atoms with van der Waals surface area (Å²) in [5.41, 5.74) is 1.16. The largest absolute Gasteiger partial charge is 0.383 e. The first-order valence-corrected chi connectivity index (χ1v) is 8.00. The van der Waals surface area contributed by atoms with Crippen molar-refractivity contribution in [1.82, 2.24) is 15.2 Å². The summed E-state index contributed by atoms with van der Waals surface area (Å²) in [5, 5.41) is 4.57. The minimum atomic E-state index is 0.655. The van der Waals surface area contributed by atoms with Gasteiger partial charge in [0.05, 0.1) is 12.3 Å². The first-order chi connectivity index (χ1) is 9.61. The van der Waals surface area contributed by atoms with Crippen molar-refractivity contribution < 1.29 is 4.74 Å². The topological polar surface area (TPSA) is 40.6 Å². The van der Waals surface area contributed by atoms with Crippen molar-refractivity contribution in [2.75, 3.05) is 52.3 Å². The molecule has 1 unspecified atom stereocenters. The highest BCUT2D eigenvalue weighted by molar-refractivity contribution is 7.15. The van der Waals surface area contributed by atoms with E-state index < -0.39 is 0 Å². The number of thiazole rings is 1. The van der Waals surface area contributed by atoms with Crippen molar-refractivity contribution in [2.45, 2.75) is 25.9 Å². The van der Waals surface area contributed by atoms with Gasteiger partial charge in [-0.05, 0) is 27.4 Å². The van der Waals surface area contributed by atoms with Crippen molar-refractivity contribution in [3.8, 4) is 0 Å². The van der Waals surface area contributed by atoms with Gasteiger partial charge in [0, 0.05) is 44.2 Å². The number of nitrogens with zero attached hydrogens (tertiary/aromatic N) is 3. The van der Waals surface area contributed by atoms with E-state index in [9.17, 15) is 0 Å². The first kappa shape index (κ1) is 15.7. The van der Waals surface area contributed by atoms with Crippen LogP contribution < -0.4 is 10.2 Å². The summed E-state index contributed by atoms with van der Waals surface area (Å²) in [6, 6.07) is 0.655. The molecular weight excluding hydrogens is 272 g/mol.